The molecule has 0 radical (unpaired) electrons. The summed E-state index contributed by atoms with van der Waals surface area (Å²) in [5.41, 5.74) is 1.02. The molecule has 0 aliphatic rings. The van der Waals surface area contributed by atoms with Crippen LogP contribution in [0.1, 0.15) is 11.4 Å². The van der Waals surface area contributed by atoms with E-state index in [1.807, 2.05) is 12.1 Å². The quantitative estimate of drug-likeness (QED) is 0.799. The highest BCUT2D eigenvalue weighted by molar-refractivity contribution is 7.99. The highest BCUT2D eigenvalue weighted by Gasteiger charge is 2.09. The summed E-state index contributed by atoms with van der Waals surface area (Å²) in [6.07, 6.45) is 3.92. The van der Waals surface area contributed by atoms with Gasteiger partial charge >= 0.3 is 5.97 Å². The van der Waals surface area contributed by atoms with Gasteiger partial charge in [0.05, 0.1) is 0 Å². The minimum Gasteiger partial charge on any atom is -0.481 e. The third-order valence-electron chi connectivity index (χ3n) is 1.88. The molecular weight excluding hydrogens is 242 g/mol. The Bertz CT molecular complexity index is 501. The molecule has 6 nitrogen and oxygen atoms in total. The minimum absolute atomic E-state index is 0.0864. The molecule has 7 heteroatoms. The van der Waals surface area contributed by atoms with Gasteiger partial charge in [-0.1, -0.05) is 16.9 Å². The van der Waals surface area contributed by atoms with E-state index in [9.17, 15) is 4.79 Å². The Morgan fingerprint density at radius 2 is 2.18 bits per heavy atom. The van der Waals surface area contributed by atoms with Gasteiger partial charge in [-0.05, 0) is 17.7 Å². The summed E-state index contributed by atoms with van der Waals surface area (Å²) in [5, 5.41) is 12.5. The van der Waals surface area contributed by atoms with E-state index in [-0.39, 0.29) is 11.0 Å². The van der Waals surface area contributed by atoms with E-state index in [2.05, 4.69) is 15.1 Å². The monoisotopic (exact) mass is 251 g/mol. The van der Waals surface area contributed by atoms with Gasteiger partial charge in [-0.25, -0.2) is 0 Å². The van der Waals surface area contributed by atoms with Gasteiger partial charge in [0.1, 0.15) is 5.75 Å². The first-order chi connectivity index (χ1) is 8.24. The molecular formula is C10H9N3O3S. The molecule has 88 valence electrons. The van der Waals surface area contributed by atoms with Gasteiger partial charge in [-0.2, -0.15) is 4.98 Å². The number of hydrogen-bond acceptors (Lipinski definition) is 6. The van der Waals surface area contributed by atoms with Crippen molar-refractivity contribution >= 4 is 17.7 Å². The lowest BCUT2D eigenvalue weighted by Crippen LogP contribution is -1.97. The Morgan fingerprint density at radius 3 is 2.88 bits per heavy atom. The van der Waals surface area contributed by atoms with Crippen molar-refractivity contribution in [3.63, 3.8) is 0 Å². The van der Waals surface area contributed by atoms with E-state index in [1.165, 1.54) is 0 Å². The van der Waals surface area contributed by atoms with Crippen LogP contribution in [0, 0.1) is 0 Å². The lowest BCUT2D eigenvalue weighted by Gasteiger charge is -1.93. The van der Waals surface area contributed by atoms with Crippen LogP contribution in [0.15, 0.2) is 34.3 Å². The maximum absolute atomic E-state index is 10.4. The second-order valence-corrected chi connectivity index (χ2v) is 4.12. The lowest BCUT2D eigenvalue weighted by molar-refractivity contribution is -0.133. The van der Waals surface area contributed by atoms with E-state index in [0.717, 1.165) is 17.3 Å². The fourth-order valence-corrected chi connectivity index (χ4v) is 1.68. The summed E-state index contributed by atoms with van der Waals surface area (Å²) >= 11 is 1.01. The first-order valence-electron chi connectivity index (χ1n) is 4.80. The van der Waals surface area contributed by atoms with Crippen LogP contribution in [0.25, 0.3) is 0 Å². The van der Waals surface area contributed by atoms with E-state index in [0.29, 0.717) is 12.2 Å². The third kappa shape index (κ3) is 3.56. The molecule has 0 aromatic carbocycles. The summed E-state index contributed by atoms with van der Waals surface area (Å²) < 4.78 is 4.91. The summed E-state index contributed by atoms with van der Waals surface area (Å²) in [7, 11) is 0. The molecule has 17 heavy (non-hydrogen) atoms. The van der Waals surface area contributed by atoms with Crippen molar-refractivity contribution in [2.24, 2.45) is 0 Å². The molecule has 0 unspecified atom stereocenters. The van der Waals surface area contributed by atoms with E-state index in [1.54, 1.807) is 12.4 Å². The van der Waals surface area contributed by atoms with Crippen LogP contribution in [-0.4, -0.2) is 32.0 Å². The van der Waals surface area contributed by atoms with Crippen LogP contribution < -0.4 is 0 Å². The van der Waals surface area contributed by atoms with E-state index >= 15 is 0 Å². The fraction of sp³-hybridized carbons (Fsp3) is 0.200. The van der Waals surface area contributed by atoms with Crippen molar-refractivity contribution in [1.29, 1.82) is 0 Å². The Labute approximate surface area is 101 Å². The molecule has 0 aliphatic carbocycles. The van der Waals surface area contributed by atoms with Crippen LogP contribution in [0.2, 0.25) is 0 Å². The van der Waals surface area contributed by atoms with Crippen molar-refractivity contribution in [3.8, 4) is 0 Å². The number of hydrogen-bond donors (Lipinski definition) is 1. The predicted molar refractivity (Wildman–Crippen MR) is 59.7 cm³/mol. The molecule has 2 aromatic rings. The van der Waals surface area contributed by atoms with E-state index in [4.69, 9.17) is 9.63 Å². The lowest BCUT2D eigenvalue weighted by atomic mass is 10.2. The Balaban J connectivity index is 1.97. The molecule has 0 saturated heterocycles. The smallest absolute Gasteiger partial charge is 0.314 e. The molecule has 0 atom stereocenters. The maximum Gasteiger partial charge on any atom is 0.314 e. The predicted octanol–water partition coefficient (Wildman–Crippen LogP) is 1.23. The Morgan fingerprint density at radius 1 is 1.41 bits per heavy atom. The van der Waals surface area contributed by atoms with Gasteiger partial charge < -0.3 is 9.63 Å². The zero-order valence-electron chi connectivity index (χ0n) is 8.74. The van der Waals surface area contributed by atoms with Gasteiger partial charge in [0.15, 0.2) is 5.82 Å². The molecule has 1 N–H and O–H groups in total. The zero-order chi connectivity index (χ0) is 12.1. The molecule has 0 spiro atoms. The number of carboxylic acid groups (broad SMARTS) is 1. The summed E-state index contributed by atoms with van der Waals surface area (Å²) in [6, 6.07) is 3.72. The first kappa shape index (κ1) is 11.6. The molecule has 0 amide bonds. The molecule has 0 aliphatic heterocycles. The highest BCUT2D eigenvalue weighted by Crippen LogP contribution is 2.15. The van der Waals surface area contributed by atoms with Gasteiger partial charge in [0.2, 0.25) is 0 Å². The average molecular weight is 251 g/mol. The number of pyridine rings is 1. The highest BCUT2D eigenvalue weighted by atomic mass is 32.2. The SMILES string of the molecule is O=C(O)CSc1nc(Cc2ccncc2)no1. The number of nitrogens with zero attached hydrogens (tertiary/aromatic N) is 3. The van der Waals surface area contributed by atoms with Crippen LogP contribution in [-0.2, 0) is 11.2 Å². The minimum atomic E-state index is -0.913. The Kier molecular flexibility index (Phi) is 3.71. The maximum atomic E-state index is 10.4. The second kappa shape index (κ2) is 5.44. The topological polar surface area (TPSA) is 89.1 Å². The zero-order valence-corrected chi connectivity index (χ0v) is 9.55. The number of rotatable bonds is 5. The number of aromatic nitrogens is 3. The van der Waals surface area contributed by atoms with Crippen LogP contribution in [0.3, 0.4) is 0 Å². The van der Waals surface area contributed by atoms with Crippen molar-refractivity contribution in [2.45, 2.75) is 11.6 Å². The van der Waals surface area contributed by atoms with Crippen molar-refractivity contribution in [2.75, 3.05) is 5.75 Å². The largest absolute Gasteiger partial charge is 0.481 e. The van der Waals surface area contributed by atoms with Crippen molar-refractivity contribution in [3.05, 3.63) is 35.9 Å². The van der Waals surface area contributed by atoms with Crippen molar-refractivity contribution < 1.29 is 14.4 Å². The summed E-state index contributed by atoms with van der Waals surface area (Å²) in [4.78, 5) is 18.3. The summed E-state index contributed by atoms with van der Waals surface area (Å²) in [6.45, 7) is 0. The molecule has 0 bridgehead atoms. The molecule has 2 rings (SSSR count). The number of aliphatic carboxylic acids is 1. The average Bonchev–Trinajstić information content (AvgIpc) is 2.75. The molecule has 2 heterocycles. The summed E-state index contributed by atoms with van der Waals surface area (Å²) in [5.74, 6) is -0.468. The molecule has 0 fully saturated rings. The second-order valence-electron chi connectivity index (χ2n) is 3.19. The first-order valence-corrected chi connectivity index (χ1v) is 5.78. The number of carbonyl (C=O) groups is 1. The van der Waals surface area contributed by atoms with Gasteiger partial charge in [0, 0.05) is 18.8 Å². The fourth-order valence-electron chi connectivity index (χ4n) is 1.18. The third-order valence-corrected chi connectivity index (χ3v) is 2.68. The normalized spacial score (nSPS) is 10.4. The molecule has 2 aromatic heterocycles. The van der Waals surface area contributed by atoms with Gasteiger partial charge in [-0.15, -0.1) is 0 Å². The number of thioether (sulfide) groups is 1. The number of carboxylic acids is 1. The van der Waals surface area contributed by atoms with Crippen LogP contribution >= 0.6 is 11.8 Å². The van der Waals surface area contributed by atoms with Gasteiger partial charge in [0.25, 0.3) is 5.22 Å². The van der Waals surface area contributed by atoms with E-state index < -0.39 is 5.97 Å². The van der Waals surface area contributed by atoms with Crippen molar-refractivity contribution in [1.82, 2.24) is 15.1 Å². The Hall–Kier alpha value is -1.89. The molecule has 0 saturated carbocycles. The standard InChI is InChI=1S/C10H9N3O3S/c14-9(15)6-17-10-12-8(13-16-10)5-7-1-3-11-4-2-7/h1-4H,5-6H2,(H,14,15). The van der Waals surface area contributed by atoms with Gasteiger partial charge in [-0.3, -0.25) is 9.78 Å². The van der Waals surface area contributed by atoms with Crippen LogP contribution in [0.5, 0.6) is 0 Å². The van der Waals surface area contributed by atoms with Crippen LogP contribution in [0.4, 0.5) is 0 Å².